The van der Waals surface area contributed by atoms with Gasteiger partial charge in [0.05, 0.1) is 6.04 Å². The van der Waals surface area contributed by atoms with Crippen molar-refractivity contribution >= 4 is 16.7 Å². The molecule has 1 aliphatic rings. The predicted molar refractivity (Wildman–Crippen MR) is 103 cm³/mol. The van der Waals surface area contributed by atoms with Gasteiger partial charge in [0, 0.05) is 13.1 Å². The number of amides is 1. The fraction of sp³-hybridized carbons (Fsp3) is 0.227. The quantitative estimate of drug-likeness (QED) is 0.719. The fourth-order valence-electron chi connectivity index (χ4n) is 3.31. The van der Waals surface area contributed by atoms with Gasteiger partial charge in [0.25, 0.3) is 0 Å². The Morgan fingerprint density at radius 3 is 2.62 bits per heavy atom. The molecule has 2 N–H and O–H groups in total. The SMILES string of the molecule is O=C1NCCC1NCc1ccc(OCc2cccc3ccccc23)cc1. The summed E-state index contributed by atoms with van der Waals surface area (Å²) in [6, 6.07) is 22.6. The molecular formula is C22H22N2O2. The maximum absolute atomic E-state index is 11.6. The van der Waals surface area contributed by atoms with Gasteiger partial charge in [-0.15, -0.1) is 0 Å². The van der Waals surface area contributed by atoms with Gasteiger partial charge in [-0.3, -0.25) is 4.79 Å². The summed E-state index contributed by atoms with van der Waals surface area (Å²) in [5.41, 5.74) is 2.32. The van der Waals surface area contributed by atoms with E-state index in [1.807, 2.05) is 24.3 Å². The summed E-state index contributed by atoms with van der Waals surface area (Å²) in [4.78, 5) is 11.6. The fourth-order valence-corrected chi connectivity index (χ4v) is 3.31. The van der Waals surface area contributed by atoms with Crippen LogP contribution in [0.15, 0.2) is 66.7 Å². The average Bonchev–Trinajstić information content (AvgIpc) is 3.10. The largest absolute Gasteiger partial charge is 0.489 e. The lowest BCUT2D eigenvalue weighted by molar-refractivity contribution is -0.120. The molecule has 0 aromatic heterocycles. The monoisotopic (exact) mass is 346 g/mol. The first-order valence-corrected chi connectivity index (χ1v) is 8.99. The van der Waals surface area contributed by atoms with E-state index in [4.69, 9.17) is 4.74 Å². The molecule has 1 saturated heterocycles. The van der Waals surface area contributed by atoms with Gasteiger partial charge in [-0.05, 0) is 40.5 Å². The van der Waals surface area contributed by atoms with E-state index in [-0.39, 0.29) is 11.9 Å². The van der Waals surface area contributed by atoms with Crippen LogP contribution in [0, 0.1) is 0 Å². The molecule has 0 spiro atoms. The molecule has 1 heterocycles. The Balaban J connectivity index is 1.36. The highest BCUT2D eigenvalue weighted by Gasteiger charge is 2.22. The number of hydrogen-bond donors (Lipinski definition) is 2. The second kappa shape index (κ2) is 7.58. The summed E-state index contributed by atoms with van der Waals surface area (Å²) in [6.07, 6.45) is 0.852. The summed E-state index contributed by atoms with van der Waals surface area (Å²) < 4.78 is 5.97. The van der Waals surface area contributed by atoms with Gasteiger partial charge in [0.1, 0.15) is 12.4 Å². The minimum atomic E-state index is -0.0720. The zero-order chi connectivity index (χ0) is 17.8. The van der Waals surface area contributed by atoms with Gasteiger partial charge in [-0.25, -0.2) is 0 Å². The van der Waals surface area contributed by atoms with Crippen LogP contribution in [0.25, 0.3) is 10.8 Å². The van der Waals surface area contributed by atoms with Crippen molar-refractivity contribution in [3.05, 3.63) is 77.9 Å². The van der Waals surface area contributed by atoms with E-state index >= 15 is 0 Å². The van der Waals surface area contributed by atoms with E-state index < -0.39 is 0 Å². The normalized spacial score (nSPS) is 16.6. The molecular weight excluding hydrogens is 324 g/mol. The molecule has 132 valence electrons. The van der Waals surface area contributed by atoms with E-state index in [0.29, 0.717) is 13.2 Å². The first-order chi connectivity index (χ1) is 12.8. The van der Waals surface area contributed by atoms with Crippen LogP contribution in [-0.4, -0.2) is 18.5 Å². The number of ether oxygens (including phenoxy) is 1. The Hall–Kier alpha value is -2.85. The summed E-state index contributed by atoms with van der Waals surface area (Å²) in [5, 5.41) is 8.59. The standard InChI is InChI=1S/C22H22N2O2/c25-22-21(12-13-23-22)24-14-16-8-10-19(11-9-16)26-15-18-6-3-5-17-4-1-2-7-20(17)18/h1-11,21,24H,12-15H2,(H,23,25). The Kier molecular flexibility index (Phi) is 4.84. The smallest absolute Gasteiger partial charge is 0.237 e. The van der Waals surface area contributed by atoms with Crippen LogP contribution in [0.4, 0.5) is 0 Å². The molecule has 4 heteroatoms. The maximum Gasteiger partial charge on any atom is 0.237 e. The molecule has 0 radical (unpaired) electrons. The zero-order valence-electron chi connectivity index (χ0n) is 14.6. The molecule has 0 aliphatic carbocycles. The minimum Gasteiger partial charge on any atom is -0.489 e. The van der Waals surface area contributed by atoms with Gasteiger partial charge in [0.15, 0.2) is 0 Å². The van der Waals surface area contributed by atoms with E-state index in [1.54, 1.807) is 0 Å². The summed E-state index contributed by atoms with van der Waals surface area (Å²) in [7, 11) is 0. The number of nitrogens with one attached hydrogen (secondary N) is 2. The molecule has 1 aliphatic heterocycles. The summed E-state index contributed by atoms with van der Waals surface area (Å²) in [6.45, 7) is 1.99. The van der Waals surface area contributed by atoms with Crippen LogP contribution >= 0.6 is 0 Å². The molecule has 0 saturated carbocycles. The van der Waals surface area contributed by atoms with Crippen LogP contribution < -0.4 is 15.4 Å². The van der Waals surface area contributed by atoms with Gasteiger partial charge < -0.3 is 15.4 Å². The molecule has 1 amide bonds. The third-order valence-corrected chi connectivity index (χ3v) is 4.80. The number of carbonyl (C=O) groups is 1. The van der Waals surface area contributed by atoms with Crippen LogP contribution in [0.2, 0.25) is 0 Å². The molecule has 1 fully saturated rings. The van der Waals surface area contributed by atoms with Crippen molar-refractivity contribution in [2.24, 2.45) is 0 Å². The van der Waals surface area contributed by atoms with Gasteiger partial charge in [0.2, 0.25) is 5.91 Å². The molecule has 3 aromatic carbocycles. The van der Waals surface area contributed by atoms with Crippen LogP contribution in [0.1, 0.15) is 17.5 Å². The first kappa shape index (κ1) is 16.6. The Morgan fingerprint density at radius 2 is 1.81 bits per heavy atom. The van der Waals surface area contributed by atoms with E-state index in [9.17, 15) is 4.79 Å². The van der Waals surface area contributed by atoms with Gasteiger partial charge in [-0.1, -0.05) is 54.6 Å². The van der Waals surface area contributed by atoms with E-state index in [2.05, 4.69) is 53.1 Å². The second-order valence-corrected chi connectivity index (χ2v) is 6.58. The van der Waals surface area contributed by atoms with Crippen LogP contribution in [0.5, 0.6) is 5.75 Å². The number of benzene rings is 3. The summed E-state index contributed by atoms with van der Waals surface area (Å²) in [5.74, 6) is 0.945. The zero-order valence-corrected chi connectivity index (χ0v) is 14.6. The van der Waals surface area contributed by atoms with Crippen molar-refractivity contribution in [2.75, 3.05) is 6.54 Å². The highest BCUT2D eigenvalue weighted by molar-refractivity contribution is 5.85. The molecule has 0 bridgehead atoms. The molecule has 1 unspecified atom stereocenters. The van der Waals surface area contributed by atoms with Crippen molar-refractivity contribution < 1.29 is 9.53 Å². The van der Waals surface area contributed by atoms with E-state index in [0.717, 1.165) is 24.3 Å². The maximum atomic E-state index is 11.6. The Labute approximate surface area is 153 Å². The van der Waals surface area contributed by atoms with Crippen molar-refractivity contribution in [1.82, 2.24) is 10.6 Å². The topological polar surface area (TPSA) is 50.4 Å². The number of hydrogen-bond acceptors (Lipinski definition) is 3. The Morgan fingerprint density at radius 1 is 1.00 bits per heavy atom. The van der Waals surface area contributed by atoms with Gasteiger partial charge in [-0.2, -0.15) is 0 Å². The average molecular weight is 346 g/mol. The number of fused-ring (bicyclic) bond motifs is 1. The minimum absolute atomic E-state index is 0.0720. The first-order valence-electron chi connectivity index (χ1n) is 8.99. The second-order valence-electron chi connectivity index (χ2n) is 6.58. The third-order valence-electron chi connectivity index (χ3n) is 4.80. The molecule has 3 aromatic rings. The van der Waals surface area contributed by atoms with Crippen molar-refractivity contribution in [2.45, 2.75) is 25.6 Å². The van der Waals surface area contributed by atoms with Crippen LogP contribution in [0.3, 0.4) is 0 Å². The molecule has 26 heavy (non-hydrogen) atoms. The molecule has 1 atom stereocenters. The Bertz CT molecular complexity index is 900. The number of rotatable bonds is 6. The lowest BCUT2D eigenvalue weighted by Gasteiger charge is -2.11. The molecule has 4 nitrogen and oxygen atoms in total. The number of carbonyl (C=O) groups excluding carboxylic acids is 1. The highest BCUT2D eigenvalue weighted by Crippen LogP contribution is 2.21. The highest BCUT2D eigenvalue weighted by atomic mass is 16.5. The van der Waals surface area contributed by atoms with Crippen LogP contribution in [-0.2, 0) is 17.9 Å². The van der Waals surface area contributed by atoms with E-state index in [1.165, 1.54) is 16.3 Å². The van der Waals surface area contributed by atoms with Gasteiger partial charge >= 0.3 is 0 Å². The lowest BCUT2D eigenvalue weighted by atomic mass is 10.1. The summed E-state index contributed by atoms with van der Waals surface area (Å²) >= 11 is 0. The van der Waals surface area contributed by atoms with Crippen molar-refractivity contribution in [3.63, 3.8) is 0 Å². The van der Waals surface area contributed by atoms with Crippen molar-refractivity contribution in [3.8, 4) is 5.75 Å². The molecule has 4 rings (SSSR count). The van der Waals surface area contributed by atoms with Crippen molar-refractivity contribution in [1.29, 1.82) is 0 Å². The predicted octanol–water partition coefficient (Wildman–Crippen LogP) is 3.40. The third kappa shape index (κ3) is 3.70. The lowest BCUT2D eigenvalue weighted by Crippen LogP contribution is -2.35.